The molecule has 1 aromatic rings. The van der Waals surface area contributed by atoms with E-state index in [4.69, 9.17) is 16.3 Å². The van der Waals surface area contributed by atoms with Crippen LogP contribution < -0.4 is 5.32 Å². The SMILES string of the molecule is CCOC(=O)c1cc(Cl)c2c(n1)CCNC2. The van der Waals surface area contributed by atoms with Gasteiger partial charge in [-0.25, -0.2) is 9.78 Å². The quantitative estimate of drug-likeness (QED) is 0.797. The molecule has 0 saturated heterocycles. The Morgan fingerprint density at radius 2 is 2.50 bits per heavy atom. The lowest BCUT2D eigenvalue weighted by atomic mass is 10.1. The minimum atomic E-state index is -0.411. The van der Waals surface area contributed by atoms with E-state index < -0.39 is 5.97 Å². The maximum absolute atomic E-state index is 11.5. The highest BCUT2D eigenvalue weighted by Gasteiger charge is 2.18. The van der Waals surface area contributed by atoms with Crippen molar-refractivity contribution in [3.63, 3.8) is 0 Å². The van der Waals surface area contributed by atoms with Crippen LogP contribution in [0, 0.1) is 0 Å². The summed E-state index contributed by atoms with van der Waals surface area (Å²) in [6.45, 7) is 3.69. The number of fused-ring (bicyclic) bond motifs is 1. The number of ether oxygens (including phenoxy) is 1. The molecular weight excluding hydrogens is 228 g/mol. The van der Waals surface area contributed by atoms with Gasteiger partial charge in [0, 0.05) is 35.8 Å². The molecule has 0 aliphatic carbocycles. The molecule has 0 bridgehead atoms. The Hall–Kier alpha value is -1.13. The number of aromatic nitrogens is 1. The smallest absolute Gasteiger partial charge is 0.356 e. The summed E-state index contributed by atoms with van der Waals surface area (Å²) in [5.41, 5.74) is 2.18. The van der Waals surface area contributed by atoms with Gasteiger partial charge in [-0.15, -0.1) is 0 Å². The maximum Gasteiger partial charge on any atom is 0.356 e. The van der Waals surface area contributed by atoms with Crippen molar-refractivity contribution >= 4 is 17.6 Å². The highest BCUT2D eigenvalue weighted by molar-refractivity contribution is 6.31. The van der Waals surface area contributed by atoms with E-state index in [1.54, 1.807) is 13.0 Å². The Morgan fingerprint density at radius 1 is 1.69 bits per heavy atom. The maximum atomic E-state index is 11.5. The molecule has 0 spiro atoms. The number of rotatable bonds is 2. The second kappa shape index (κ2) is 4.80. The Kier molecular flexibility index (Phi) is 3.41. The van der Waals surface area contributed by atoms with Crippen LogP contribution in [0.2, 0.25) is 5.02 Å². The summed E-state index contributed by atoms with van der Waals surface area (Å²) in [7, 11) is 0. The third kappa shape index (κ3) is 2.18. The fraction of sp³-hybridized carbons (Fsp3) is 0.455. The van der Waals surface area contributed by atoms with Gasteiger partial charge in [-0.05, 0) is 13.0 Å². The molecular formula is C11H13ClN2O2. The largest absolute Gasteiger partial charge is 0.461 e. The van der Waals surface area contributed by atoms with Gasteiger partial charge in [0.25, 0.3) is 0 Å². The van der Waals surface area contributed by atoms with E-state index >= 15 is 0 Å². The number of pyridine rings is 1. The Bertz CT molecular complexity index is 421. The minimum absolute atomic E-state index is 0.299. The van der Waals surface area contributed by atoms with E-state index in [1.165, 1.54) is 0 Å². The standard InChI is InChI=1S/C11H13ClN2O2/c1-2-16-11(15)10-5-8(12)7-6-13-4-3-9(7)14-10/h5,13H,2-4,6H2,1H3. The summed E-state index contributed by atoms with van der Waals surface area (Å²) in [6, 6.07) is 1.57. The molecule has 0 fully saturated rings. The van der Waals surface area contributed by atoms with Crippen molar-refractivity contribution in [2.45, 2.75) is 19.9 Å². The number of halogens is 1. The number of hydrogen-bond acceptors (Lipinski definition) is 4. The van der Waals surface area contributed by atoms with Gasteiger partial charge in [-0.1, -0.05) is 11.6 Å². The second-order valence-electron chi connectivity index (χ2n) is 3.56. The molecule has 4 nitrogen and oxygen atoms in total. The molecule has 0 aromatic carbocycles. The summed E-state index contributed by atoms with van der Waals surface area (Å²) in [5, 5.41) is 3.80. The van der Waals surface area contributed by atoms with Gasteiger partial charge >= 0.3 is 5.97 Å². The van der Waals surface area contributed by atoms with Crippen LogP contribution in [0.4, 0.5) is 0 Å². The van der Waals surface area contributed by atoms with Crippen molar-refractivity contribution in [3.8, 4) is 0 Å². The highest BCUT2D eigenvalue weighted by atomic mass is 35.5. The van der Waals surface area contributed by atoms with Crippen LogP contribution in [0.25, 0.3) is 0 Å². The molecule has 0 amide bonds. The Balaban J connectivity index is 2.35. The molecule has 0 atom stereocenters. The number of carbonyl (C=O) groups excluding carboxylic acids is 1. The molecule has 1 aliphatic heterocycles. The molecule has 2 rings (SSSR count). The second-order valence-corrected chi connectivity index (χ2v) is 3.97. The number of nitrogens with zero attached hydrogens (tertiary/aromatic N) is 1. The molecule has 1 N–H and O–H groups in total. The van der Waals surface area contributed by atoms with Crippen LogP contribution in [0.15, 0.2) is 6.07 Å². The monoisotopic (exact) mass is 240 g/mol. The third-order valence-electron chi connectivity index (χ3n) is 2.48. The first-order valence-electron chi connectivity index (χ1n) is 5.28. The number of esters is 1. The highest BCUT2D eigenvalue weighted by Crippen LogP contribution is 2.22. The summed E-state index contributed by atoms with van der Waals surface area (Å²) in [6.07, 6.45) is 0.794. The zero-order valence-electron chi connectivity index (χ0n) is 9.05. The summed E-state index contributed by atoms with van der Waals surface area (Å²) < 4.78 is 4.90. The van der Waals surface area contributed by atoms with Crippen LogP contribution in [0.1, 0.15) is 28.7 Å². The first-order chi connectivity index (χ1) is 7.72. The molecule has 0 unspecified atom stereocenters. The number of nitrogens with one attached hydrogen (secondary N) is 1. The third-order valence-corrected chi connectivity index (χ3v) is 2.82. The molecule has 5 heteroatoms. The first-order valence-corrected chi connectivity index (χ1v) is 5.66. The van der Waals surface area contributed by atoms with E-state index in [2.05, 4.69) is 10.3 Å². The van der Waals surface area contributed by atoms with Crippen LogP contribution in [0.3, 0.4) is 0 Å². The first kappa shape index (κ1) is 11.4. The van der Waals surface area contributed by atoms with Gasteiger partial charge in [0.1, 0.15) is 5.69 Å². The lowest BCUT2D eigenvalue weighted by Crippen LogP contribution is -2.26. The van der Waals surface area contributed by atoms with Crippen LogP contribution >= 0.6 is 11.6 Å². The summed E-state index contributed by atoms with van der Waals surface area (Å²) in [4.78, 5) is 15.8. The average Bonchev–Trinajstić information content (AvgIpc) is 2.29. The lowest BCUT2D eigenvalue weighted by Gasteiger charge is -2.18. The Morgan fingerprint density at radius 3 is 3.25 bits per heavy atom. The molecule has 0 radical (unpaired) electrons. The molecule has 1 aromatic heterocycles. The van der Waals surface area contributed by atoms with E-state index in [9.17, 15) is 4.79 Å². The van der Waals surface area contributed by atoms with Crippen molar-refractivity contribution in [2.24, 2.45) is 0 Å². The van der Waals surface area contributed by atoms with E-state index in [0.717, 1.165) is 24.2 Å². The van der Waals surface area contributed by atoms with Gasteiger partial charge in [-0.2, -0.15) is 0 Å². The number of hydrogen-bond donors (Lipinski definition) is 1. The van der Waals surface area contributed by atoms with Crippen molar-refractivity contribution in [3.05, 3.63) is 28.0 Å². The van der Waals surface area contributed by atoms with Gasteiger partial charge in [-0.3, -0.25) is 0 Å². The fourth-order valence-corrected chi connectivity index (χ4v) is 1.99. The molecule has 0 saturated carbocycles. The van der Waals surface area contributed by atoms with Gasteiger partial charge in [0.15, 0.2) is 0 Å². The predicted octanol–water partition coefficient (Wildman–Crippen LogP) is 1.56. The van der Waals surface area contributed by atoms with Crippen LogP contribution in [-0.2, 0) is 17.7 Å². The van der Waals surface area contributed by atoms with Crippen molar-refractivity contribution < 1.29 is 9.53 Å². The fourth-order valence-electron chi connectivity index (χ4n) is 1.71. The average molecular weight is 241 g/mol. The lowest BCUT2D eigenvalue weighted by molar-refractivity contribution is 0.0519. The zero-order chi connectivity index (χ0) is 11.5. The predicted molar refractivity (Wildman–Crippen MR) is 60.6 cm³/mol. The molecule has 86 valence electrons. The summed E-state index contributed by atoms with van der Waals surface area (Å²) >= 11 is 6.10. The molecule has 2 heterocycles. The van der Waals surface area contributed by atoms with Gasteiger partial charge < -0.3 is 10.1 Å². The normalized spacial score (nSPS) is 14.4. The summed E-state index contributed by atoms with van der Waals surface area (Å²) in [5.74, 6) is -0.411. The van der Waals surface area contributed by atoms with Crippen molar-refractivity contribution in [2.75, 3.05) is 13.2 Å². The van der Waals surface area contributed by atoms with Crippen molar-refractivity contribution in [1.29, 1.82) is 0 Å². The van der Waals surface area contributed by atoms with Crippen LogP contribution in [0.5, 0.6) is 0 Å². The van der Waals surface area contributed by atoms with Crippen molar-refractivity contribution in [1.82, 2.24) is 10.3 Å². The molecule has 1 aliphatic rings. The van der Waals surface area contributed by atoms with Crippen LogP contribution in [-0.4, -0.2) is 24.1 Å². The molecule has 16 heavy (non-hydrogen) atoms. The number of carbonyl (C=O) groups is 1. The van der Waals surface area contributed by atoms with E-state index in [0.29, 0.717) is 23.9 Å². The topological polar surface area (TPSA) is 51.2 Å². The van der Waals surface area contributed by atoms with E-state index in [1.807, 2.05) is 0 Å². The zero-order valence-corrected chi connectivity index (χ0v) is 9.80. The minimum Gasteiger partial charge on any atom is -0.461 e. The Labute approximate surface area is 99.0 Å². The van der Waals surface area contributed by atoms with E-state index in [-0.39, 0.29) is 0 Å². The van der Waals surface area contributed by atoms with Gasteiger partial charge in [0.2, 0.25) is 0 Å². The van der Waals surface area contributed by atoms with Gasteiger partial charge in [0.05, 0.1) is 6.61 Å².